The molecule has 0 saturated heterocycles. The fourth-order valence-corrected chi connectivity index (χ4v) is 2.14. The number of para-hydroxylation sites is 1. The van der Waals surface area contributed by atoms with Gasteiger partial charge in [0, 0.05) is 23.6 Å². The fourth-order valence-electron chi connectivity index (χ4n) is 2.14. The highest BCUT2D eigenvalue weighted by molar-refractivity contribution is 5.94. The normalized spacial score (nSPS) is 10.4. The summed E-state index contributed by atoms with van der Waals surface area (Å²) in [6.07, 6.45) is 2.55. The molecule has 19 heavy (non-hydrogen) atoms. The minimum absolute atomic E-state index is 0.201. The lowest BCUT2D eigenvalue weighted by Gasteiger charge is -2.15. The van der Waals surface area contributed by atoms with E-state index in [2.05, 4.69) is 13.0 Å². The maximum Gasteiger partial charge on any atom is 0.192 e. The largest absolute Gasteiger partial charge is 0.384 e. The van der Waals surface area contributed by atoms with Gasteiger partial charge in [-0.25, -0.2) is 0 Å². The van der Waals surface area contributed by atoms with Crippen molar-refractivity contribution in [1.82, 2.24) is 4.57 Å². The number of benzene rings is 1. The smallest absolute Gasteiger partial charge is 0.192 e. The molecule has 98 valence electrons. The molecule has 0 aliphatic carbocycles. The van der Waals surface area contributed by atoms with Crippen LogP contribution in [0, 0.1) is 12.3 Å². The van der Waals surface area contributed by atoms with Gasteiger partial charge in [-0.3, -0.25) is 10.2 Å². The second-order valence-electron chi connectivity index (χ2n) is 4.46. The third-order valence-corrected chi connectivity index (χ3v) is 3.17. The van der Waals surface area contributed by atoms with E-state index in [1.807, 2.05) is 29.7 Å². The molecule has 0 saturated carbocycles. The quantitative estimate of drug-likeness (QED) is 0.650. The second-order valence-corrected chi connectivity index (χ2v) is 4.46. The van der Waals surface area contributed by atoms with Crippen LogP contribution in [0.3, 0.4) is 0 Å². The summed E-state index contributed by atoms with van der Waals surface area (Å²) in [5, 5.41) is 7.47. The summed E-state index contributed by atoms with van der Waals surface area (Å²) in [4.78, 5) is 11.8. The zero-order valence-corrected chi connectivity index (χ0v) is 11.1. The van der Waals surface area contributed by atoms with Gasteiger partial charge in [-0.1, -0.05) is 25.1 Å². The van der Waals surface area contributed by atoms with Gasteiger partial charge in [0.1, 0.15) is 5.84 Å². The summed E-state index contributed by atoms with van der Waals surface area (Å²) < 4.78 is 1.91. The summed E-state index contributed by atoms with van der Waals surface area (Å²) in [5.41, 5.74) is 8.50. The highest BCUT2D eigenvalue weighted by Gasteiger charge is 2.09. The van der Waals surface area contributed by atoms with Crippen LogP contribution in [0.5, 0.6) is 0 Å². The van der Waals surface area contributed by atoms with Crippen LogP contribution < -0.4 is 11.2 Å². The Morgan fingerprint density at radius 2 is 2.05 bits per heavy atom. The summed E-state index contributed by atoms with van der Waals surface area (Å²) in [7, 11) is 0. The number of amidine groups is 1. The van der Waals surface area contributed by atoms with E-state index in [1.165, 1.54) is 11.6 Å². The van der Waals surface area contributed by atoms with Gasteiger partial charge >= 0.3 is 0 Å². The maximum atomic E-state index is 11.8. The molecule has 0 atom stereocenters. The number of nitrogens with one attached hydrogen (secondary N) is 1. The van der Waals surface area contributed by atoms with Crippen molar-refractivity contribution in [3.05, 3.63) is 63.6 Å². The van der Waals surface area contributed by atoms with Gasteiger partial charge in [0.15, 0.2) is 5.43 Å². The molecule has 0 unspecified atom stereocenters. The number of hydrogen-bond donors (Lipinski definition) is 2. The van der Waals surface area contributed by atoms with Crippen LogP contribution in [0.1, 0.15) is 23.7 Å². The zero-order valence-electron chi connectivity index (χ0n) is 11.1. The lowest BCUT2D eigenvalue weighted by Crippen LogP contribution is -2.24. The van der Waals surface area contributed by atoms with Gasteiger partial charge < -0.3 is 10.3 Å². The van der Waals surface area contributed by atoms with Crippen LogP contribution in [0.2, 0.25) is 0 Å². The number of rotatable bonds is 3. The topological polar surface area (TPSA) is 71.9 Å². The molecule has 2 rings (SSSR count). The first-order valence-electron chi connectivity index (χ1n) is 6.20. The highest BCUT2D eigenvalue weighted by atomic mass is 16.1. The predicted molar refractivity (Wildman–Crippen MR) is 77.2 cm³/mol. The van der Waals surface area contributed by atoms with E-state index >= 15 is 0 Å². The van der Waals surface area contributed by atoms with Gasteiger partial charge in [-0.2, -0.15) is 0 Å². The number of nitrogens with two attached hydrogens (primary N) is 1. The van der Waals surface area contributed by atoms with Crippen molar-refractivity contribution in [2.24, 2.45) is 5.73 Å². The third kappa shape index (κ3) is 2.42. The molecule has 0 amide bonds. The maximum absolute atomic E-state index is 11.8. The second kappa shape index (κ2) is 5.10. The lowest BCUT2D eigenvalue weighted by atomic mass is 10.1. The van der Waals surface area contributed by atoms with E-state index in [4.69, 9.17) is 11.1 Å². The number of aromatic nitrogens is 1. The summed E-state index contributed by atoms with van der Waals surface area (Å²) in [6, 6.07) is 9.52. The summed E-state index contributed by atoms with van der Waals surface area (Å²) >= 11 is 0. The van der Waals surface area contributed by atoms with Crippen molar-refractivity contribution in [1.29, 1.82) is 5.41 Å². The molecule has 0 bridgehead atoms. The molecule has 0 aliphatic rings. The van der Waals surface area contributed by atoms with Crippen molar-refractivity contribution in [2.45, 2.75) is 20.3 Å². The van der Waals surface area contributed by atoms with Crippen molar-refractivity contribution in [3.63, 3.8) is 0 Å². The highest BCUT2D eigenvalue weighted by Crippen LogP contribution is 2.17. The minimum Gasteiger partial charge on any atom is -0.384 e. The average molecular weight is 255 g/mol. The molecule has 1 heterocycles. The SMILES string of the molecule is CCc1ccccc1-n1cc(C(=N)N)c(=O)cc1C. The first kappa shape index (κ1) is 13.1. The fraction of sp³-hybridized carbons (Fsp3) is 0.200. The molecule has 1 aromatic heterocycles. The molecular weight excluding hydrogens is 238 g/mol. The van der Waals surface area contributed by atoms with E-state index in [1.54, 1.807) is 6.20 Å². The molecule has 0 fully saturated rings. The van der Waals surface area contributed by atoms with E-state index < -0.39 is 0 Å². The Kier molecular flexibility index (Phi) is 3.51. The Bertz CT molecular complexity index is 686. The molecule has 4 nitrogen and oxygen atoms in total. The molecule has 4 heteroatoms. The van der Waals surface area contributed by atoms with Crippen molar-refractivity contribution < 1.29 is 0 Å². The monoisotopic (exact) mass is 255 g/mol. The van der Waals surface area contributed by atoms with Gasteiger partial charge in [0.25, 0.3) is 0 Å². The Hall–Kier alpha value is -2.36. The Morgan fingerprint density at radius 1 is 1.37 bits per heavy atom. The Balaban J connectivity index is 2.72. The first-order valence-corrected chi connectivity index (χ1v) is 6.20. The molecule has 2 aromatic rings. The van der Waals surface area contributed by atoms with Crippen LogP contribution in [0.4, 0.5) is 0 Å². The molecule has 0 aliphatic heterocycles. The van der Waals surface area contributed by atoms with E-state index in [0.29, 0.717) is 0 Å². The van der Waals surface area contributed by atoms with Gasteiger partial charge in [0.2, 0.25) is 0 Å². The van der Waals surface area contributed by atoms with Crippen LogP contribution in [0.25, 0.3) is 5.69 Å². The van der Waals surface area contributed by atoms with E-state index in [0.717, 1.165) is 17.8 Å². The zero-order chi connectivity index (χ0) is 14.0. The number of hydrogen-bond acceptors (Lipinski definition) is 2. The molecule has 1 aromatic carbocycles. The van der Waals surface area contributed by atoms with E-state index in [9.17, 15) is 4.79 Å². The van der Waals surface area contributed by atoms with Gasteiger partial charge in [-0.05, 0) is 25.0 Å². The van der Waals surface area contributed by atoms with Crippen molar-refractivity contribution in [2.75, 3.05) is 0 Å². The Morgan fingerprint density at radius 3 is 2.68 bits per heavy atom. The first-order chi connectivity index (χ1) is 9.04. The number of nitrogen functional groups attached to an aromatic ring is 1. The van der Waals surface area contributed by atoms with Crippen molar-refractivity contribution >= 4 is 5.84 Å². The van der Waals surface area contributed by atoms with Gasteiger partial charge in [0.05, 0.1) is 5.56 Å². The van der Waals surface area contributed by atoms with Gasteiger partial charge in [-0.15, -0.1) is 0 Å². The summed E-state index contributed by atoms with van der Waals surface area (Å²) in [5.74, 6) is -0.201. The van der Waals surface area contributed by atoms with E-state index in [-0.39, 0.29) is 16.8 Å². The van der Waals surface area contributed by atoms with Crippen LogP contribution in [0.15, 0.2) is 41.3 Å². The van der Waals surface area contributed by atoms with Crippen molar-refractivity contribution in [3.8, 4) is 5.69 Å². The standard InChI is InChI=1S/C15H17N3O/c1-3-11-6-4-5-7-13(11)18-9-12(15(16)17)14(19)8-10(18)2/h4-9H,3H2,1-2H3,(H3,16,17). The predicted octanol–water partition coefficient (Wildman–Crippen LogP) is 1.99. The molecule has 0 spiro atoms. The van der Waals surface area contributed by atoms with Crippen LogP contribution in [-0.2, 0) is 6.42 Å². The number of nitrogens with zero attached hydrogens (tertiary/aromatic N) is 1. The Labute approximate surface area is 112 Å². The van der Waals surface area contributed by atoms with Crippen LogP contribution in [-0.4, -0.2) is 10.4 Å². The lowest BCUT2D eigenvalue weighted by molar-refractivity contribution is 0.940. The van der Waals surface area contributed by atoms with Crippen LogP contribution >= 0.6 is 0 Å². The average Bonchev–Trinajstić information content (AvgIpc) is 2.38. The molecule has 3 N–H and O–H groups in total. The molecular formula is C15H17N3O. The minimum atomic E-state index is -0.213. The number of aryl methyl sites for hydroxylation is 2. The molecule has 0 radical (unpaired) electrons. The summed E-state index contributed by atoms with van der Waals surface area (Å²) in [6.45, 7) is 3.96. The third-order valence-electron chi connectivity index (χ3n) is 3.17. The number of pyridine rings is 1.